The summed E-state index contributed by atoms with van der Waals surface area (Å²) in [5.74, 6) is -0.661. The van der Waals surface area contributed by atoms with Gasteiger partial charge in [-0.25, -0.2) is 0 Å². The van der Waals surface area contributed by atoms with E-state index in [2.05, 4.69) is 12.2 Å². The number of amides is 1. The summed E-state index contributed by atoms with van der Waals surface area (Å²) in [5, 5.41) is 14.5. The SMILES string of the molecule is CNC1(C)CCN(c2ccc(C(N)=O)cc2[N+](=O)[O-])CC1. The Morgan fingerprint density at radius 2 is 2.05 bits per heavy atom. The van der Waals surface area contributed by atoms with Gasteiger partial charge in [-0.15, -0.1) is 0 Å². The van der Waals surface area contributed by atoms with Crippen molar-refractivity contribution in [2.24, 2.45) is 5.73 Å². The lowest BCUT2D eigenvalue weighted by Crippen LogP contribution is -2.50. The number of benzene rings is 1. The van der Waals surface area contributed by atoms with Crippen LogP contribution in [0.2, 0.25) is 0 Å². The molecule has 114 valence electrons. The van der Waals surface area contributed by atoms with Crippen LogP contribution in [0, 0.1) is 10.1 Å². The number of carbonyl (C=O) groups excluding carboxylic acids is 1. The molecule has 2 rings (SSSR count). The summed E-state index contributed by atoms with van der Waals surface area (Å²) in [6, 6.07) is 4.40. The minimum Gasteiger partial charge on any atom is -0.366 e. The Labute approximate surface area is 123 Å². The molecule has 1 aromatic carbocycles. The third-order valence-corrected chi connectivity index (χ3v) is 4.27. The van der Waals surface area contributed by atoms with Gasteiger partial charge in [0.25, 0.3) is 5.69 Å². The molecule has 7 heteroatoms. The summed E-state index contributed by atoms with van der Waals surface area (Å²) >= 11 is 0. The molecule has 0 saturated carbocycles. The van der Waals surface area contributed by atoms with Gasteiger partial charge in [-0.05, 0) is 38.9 Å². The third kappa shape index (κ3) is 3.13. The average Bonchev–Trinajstić information content (AvgIpc) is 2.47. The molecule has 0 bridgehead atoms. The molecule has 7 nitrogen and oxygen atoms in total. The lowest BCUT2D eigenvalue weighted by atomic mass is 9.89. The van der Waals surface area contributed by atoms with E-state index in [1.54, 1.807) is 6.07 Å². The number of primary amides is 1. The van der Waals surface area contributed by atoms with Crippen molar-refractivity contribution < 1.29 is 9.72 Å². The summed E-state index contributed by atoms with van der Waals surface area (Å²) in [4.78, 5) is 23.9. The Balaban J connectivity index is 2.28. The van der Waals surface area contributed by atoms with E-state index in [0.717, 1.165) is 25.9 Å². The lowest BCUT2D eigenvalue weighted by molar-refractivity contribution is -0.384. The maximum atomic E-state index is 11.2. The van der Waals surface area contributed by atoms with Crippen LogP contribution in [0.15, 0.2) is 18.2 Å². The Morgan fingerprint density at radius 3 is 2.52 bits per heavy atom. The number of nitrogens with one attached hydrogen (secondary N) is 1. The van der Waals surface area contributed by atoms with Gasteiger partial charge >= 0.3 is 0 Å². The molecule has 3 N–H and O–H groups in total. The molecule has 0 aliphatic carbocycles. The molecule has 1 amide bonds. The summed E-state index contributed by atoms with van der Waals surface area (Å²) < 4.78 is 0. The summed E-state index contributed by atoms with van der Waals surface area (Å²) in [5.41, 5.74) is 5.88. The highest BCUT2D eigenvalue weighted by Gasteiger charge is 2.31. The second kappa shape index (κ2) is 5.69. The van der Waals surface area contributed by atoms with E-state index in [1.165, 1.54) is 12.1 Å². The number of nitro benzene ring substituents is 1. The topological polar surface area (TPSA) is 102 Å². The van der Waals surface area contributed by atoms with E-state index in [4.69, 9.17) is 5.73 Å². The van der Waals surface area contributed by atoms with Crippen molar-refractivity contribution in [1.82, 2.24) is 5.32 Å². The number of nitrogens with two attached hydrogens (primary N) is 1. The van der Waals surface area contributed by atoms with Gasteiger partial charge in [0.1, 0.15) is 5.69 Å². The Morgan fingerprint density at radius 1 is 1.43 bits per heavy atom. The van der Waals surface area contributed by atoms with Crippen molar-refractivity contribution in [2.75, 3.05) is 25.0 Å². The van der Waals surface area contributed by atoms with Gasteiger partial charge in [-0.2, -0.15) is 0 Å². The smallest absolute Gasteiger partial charge is 0.293 e. The number of hydrogen-bond donors (Lipinski definition) is 2. The van der Waals surface area contributed by atoms with Gasteiger partial charge in [0.05, 0.1) is 4.92 Å². The molecular formula is C14H20N4O3. The van der Waals surface area contributed by atoms with Gasteiger partial charge in [0.2, 0.25) is 5.91 Å². The first kappa shape index (κ1) is 15.2. The van der Waals surface area contributed by atoms with Crippen LogP contribution in [-0.4, -0.2) is 36.5 Å². The van der Waals surface area contributed by atoms with Crippen LogP contribution in [0.25, 0.3) is 0 Å². The van der Waals surface area contributed by atoms with Crippen molar-refractivity contribution in [3.8, 4) is 0 Å². The van der Waals surface area contributed by atoms with Crippen molar-refractivity contribution in [3.05, 3.63) is 33.9 Å². The molecule has 0 atom stereocenters. The number of hydrogen-bond acceptors (Lipinski definition) is 5. The molecule has 0 unspecified atom stereocenters. The van der Waals surface area contributed by atoms with Crippen LogP contribution < -0.4 is 16.0 Å². The van der Waals surface area contributed by atoms with Crippen molar-refractivity contribution in [2.45, 2.75) is 25.3 Å². The van der Waals surface area contributed by atoms with Gasteiger partial charge in [0, 0.05) is 30.3 Å². The highest BCUT2D eigenvalue weighted by Crippen LogP contribution is 2.33. The average molecular weight is 292 g/mol. The Bertz CT molecular complexity index is 565. The number of nitro groups is 1. The quantitative estimate of drug-likeness (QED) is 0.643. The standard InChI is InChI=1S/C14H20N4O3/c1-14(16-2)5-7-17(8-6-14)11-4-3-10(13(15)19)9-12(11)18(20)21/h3-4,9,16H,5-8H2,1-2H3,(H2,15,19). The summed E-state index contributed by atoms with van der Waals surface area (Å²) in [6.07, 6.45) is 1.80. The highest BCUT2D eigenvalue weighted by atomic mass is 16.6. The third-order valence-electron chi connectivity index (χ3n) is 4.27. The minimum atomic E-state index is -0.661. The Kier molecular flexibility index (Phi) is 4.13. The van der Waals surface area contributed by atoms with Crippen molar-refractivity contribution in [3.63, 3.8) is 0 Å². The lowest BCUT2D eigenvalue weighted by Gasteiger charge is -2.40. The van der Waals surface area contributed by atoms with E-state index < -0.39 is 10.8 Å². The number of piperidine rings is 1. The predicted molar refractivity (Wildman–Crippen MR) is 80.5 cm³/mol. The normalized spacial score (nSPS) is 17.5. The second-order valence-corrected chi connectivity index (χ2v) is 5.62. The molecular weight excluding hydrogens is 272 g/mol. The fraction of sp³-hybridized carbons (Fsp3) is 0.500. The van der Waals surface area contributed by atoms with Crippen LogP contribution in [0.4, 0.5) is 11.4 Å². The molecule has 1 aromatic rings. The van der Waals surface area contributed by atoms with Crippen LogP contribution in [0.3, 0.4) is 0 Å². The zero-order valence-electron chi connectivity index (χ0n) is 12.3. The van der Waals surface area contributed by atoms with E-state index >= 15 is 0 Å². The van der Waals surface area contributed by atoms with Gasteiger partial charge in [0.15, 0.2) is 0 Å². The fourth-order valence-corrected chi connectivity index (χ4v) is 2.58. The zero-order chi connectivity index (χ0) is 15.6. The van der Waals surface area contributed by atoms with E-state index in [9.17, 15) is 14.9 Å². The highest BCUT2D eigenvalue weighted by molar-refractivity contribution is 5.94. The summed E-state index contributed by atoms with van der Waals surface area (Å²) in [7, 11) is 1.93. The molecule has 1 aliphatic heterocycles. The molecule has 1 saturated heterocycles. The van der Waals surface area contributed by atoms with Gasteiger partial charge < -0.3 is 16.0 Å². The van der Waals surface area contributed by atoms with E-state index in [0.29, 0.717) is 5.69 Å². The van der Waals surface area contributed by atoms with Crippen LogP contribution >= 0.6 is 0 Å². The Hall–Kier alpha value is -2.15. The van der Waals surface area contributed by atoms with E-state index in [-0.39, 0.29) is 16.8 Å². The molecule has 1 heterocycles. The monoisotopic (exact) mass is 292 g/mol. The van der Waals surface area contributed by atoms with Gasteiger partial charge in [-0.1, -0.05) is 0 Å². The second-order valence-electron chi connectivity index (χ2n) is 5.62. The maximum Gasteiger partial charge on any atom is 0.293 e. The molecule has 1 aliphatic rings. The first-order valence-electron chi connectivity index (χ1n) is 6.88. The van der Waals surface area contributed by atoms with Crippen molar-refractivity contribution >= 4 is 17.3 Å². The number of anilines is 1. The molecule has 1 fully saturated rings. The first-order chi connectivity index (χ1) is 9.86. The van der Waals surface area contributed by atoms with Gasteiger partial charge in [-0.3, -0.25) is 14.9 Å². The zero-order valence-corrected chi connectivity index (χ0v) is 12.3. The number of carbonyl (C=O) groups is 1. The predicted octanol–water partition coefficient (Wildman–Crippen LogP) is 1.27. The maximum absolute atomic E-state index is 11.2. The minimum absolute atomic E-state index is 0.0679. The largest absolute Gasteiger partial charge is 0.366 e. The number of rotatable bonds is 4. The number of nitrogens with zero attached hydrogens (tertiary/aromatic N) is 2. The molecule has 0 spiro atoms. The van der Waals surface area contributed by atoms with Crippen LogP contribution in [-0.2, 0) is 0 Å². The summed E-state index contributed by atoms with van der Waals surface area (Å²) in [6.45, 7) is 3.61. The first-order valence-corrected chi connectivity index (χ1v) is 6.88. The fourth-order valence-electron chi connectivity index (χ4n) is 2.58. The molecule has 0 aromatic heterocycles. The van der Waals surface area contributed by atoms with Crippen LogP contribution in [0.5, 0.6) is 0 Å². The molecule has 0 radical (unpaired) electrons. The van der Waals surface area contributed by atoms with Crippen molar-refractivity contribution in [1.29, 1.82) is 0 Å². The van der Waals surface area contributed by atoms with Crippen LogP contribution in [0.1, 0.15) is 30.1 Å². The van der Waals surface area contributed by atoms with E-state index in [1.807, 2.05) is 11.9 Å². The molecule has 21 heavy (non-hydrogen) atoms.